The lowest BCUT2D eigenvalue weighted by molar-refractivity contribution is -0.116. The van der Waals surface area contributed by atoms with E-state index in [1.54, 1.807) is 31.3 Å². The maximum atomic E-state index is 12.9. The van der Waals surface area contributed by atoms with Crippen LogP contribution >= 0.6 is 11.8 Å². The van der Waals surface area contributed by atoms with Crippen LogP contribution in [0, 0.1) is 13.8 Å². The summed E-state index contributed by atoms with van der Waals surface area (Å²) < 4.78 is 7.24. The fraction of sp³-hybridized carbons (Fsp3) is 0.208. The van der Waals surface area contributed by atoms with Gasteiger partial charge in [-0.15, -0.1) is 0 Å². The van der Waals surface area contributed by atoms with Crippen LogP contribution in [0.1, 0.15) is 16.7 Å². The van der Waals surface area contributed by atoms with Crippen molar-refractivity contribution in [1.82, 2.24) is 14.5 Å². The van der Waals surface area contributed by atoms with Gasteiger partial charge in [0.15, 0.2) is 5.16 Å². The molecule has 0 radical (unpaired) electrons. The van der Waals surface area contributed by atoms with Gasteiger partial charge in [0.25, 0.3) is 0 Å². The van der Waals surface area contributed by atoms with Gasteiger partial charge in [0.05, 0.1) is 24.3 Å². The van der Waals surface area contributed by atoms with Gasteiger partial charge in [-0.1, -0.05) is 41.6 Å². The van der Waals surface area contributed by atoms with E-state index in [1.165, 1.54) is 5.56 Å². The average Bonchev–Trinajstić information content (AvgIpc) is 3.12. The number of hydrogen-bond donors (Lipinski definition) is 1. The largest absolute Gasteiger partial charge is 0.497 e. The maximum Gasteiger partial charge on any atom is 0.244 e. The number of aromatic nitrogens is 3. The number of aryl methyl sites for hydroxylation is 2. The van der Waals surface area contributed by atoms with Crippen molar-refractivity contribution in [3.63, 3.8) is 0 Å². The number of methoxy groups -OCH3 is 1. The molecule has 0 unspecified atom stereocenters. The molecule has 2 heterocycles. The number of carbonyl (C=O) groups is 1. The van der Waals surface area contributed by atoms with E-state index in [4.69, 9.17) is 9.72 Å². The first-order valence-electron chi connectivity index (χ1n) is 9.96. The number of carbonyl (C=O) groups excluding carboxylic acids is 1. The van der Waals surface area contributed by atoms with Crippen LogP contribution in [0.25, 0.3) is 11.0 Å². The van der Waals surface area contributed by atoms with Crippen molar-refractivity contribution in [2.24, 2.45) is 0 Å². The summed E-state index contributed by atoms with van der Waals surface area (Å²) in [6.07, 6.45) is 3.47. The van der Waals surface area contributed by atoms with Gasteiger partial charge in [-0.3, -0.25) is 9.78 Å². The van der Waals surface area contributed by atoms with Gasteiger partial charge in [-0.25, -0.2) is 4.98 Å². The van der Waals surface area contributed by atoms with E-state index in [0.29, 0.717) is 5.75 Å². The number of imidazole rings is 1. The summed E-state index contributed by atoms with van der Waals surface area (Å²) in [6, 6.07) is 15.8. The van der Waals surface area contributed by atoms with Gasteiger partial charge < -0.3 is 14.6 Å². The second-order valence-corrected chi connectivity index (χ2v) is 8.29. The Morgan fingerprint density at radius 3 is 2.84 bits per heavy atom. The molecule has 4 aromatic rings. The number of ether oxygens (including phenoxy) is 1. The van der Waals surface area contributed by atoms with E-state index in [-0.39, 0.29) is 12.5 Å². The number of pyridine rings is 1. The molecule has 0 aliphatic carbocycles. The first kappa shape index (κ1) is 20.9. The van der Waals surface area contributed by atoms with Crippen molar-refractivity contribution in [3.05, 3.63) is 77.6 Å². The van der Waals surface area contributed by atoms with Crippen molar-refractivity contribution < 1.29 is 9.53 Å². The Morgan fingerprint density at radius 2 is 2.03 bits per heavy atom. The predicted octanol–water partition coefficient (Wildman–Crippen LogP) is 4.99. The molecule has 2 aromatic carbocycles. The monoisotopic (exact) mass is 432 g/mol. The van der Waals surface area contributed by atoms with Crippen molar-refractivity contribution in [2.45, 2.75) is 31.3 Å². The topological polar surface area (TPSA) is 69.0 Å². The standard InChI is InChI=1S/C24H24N4O2S/c1-16-7-8-20(17(2)11-16)26-23(29)14-28-22-13-25-10-9-21(22)27-24(28)31-15-18-5-4-6-19(12-18)30-3/h4-13H,14-15H2,1-3H3,(H,26,29). The second kappa shape index (κ2) is 9.22. The fourth-order valence-electron chi connectivity index (χ4n) is 3.41. The Kier molecular flexibility index (Phi) is 6.23. The molecule has 0 saturated heterocycles. The SMILES string of the molecule is COc1cccc(CSc2nc3ccncc3n2CC(=O)Nc2ccc(C)cc2C)c1. The Balaban J connectivity index is 1.56. The molecule has 0 saturated carbocycles. The molecular weight excluding hydrogens is 408 g/mol. The minimum atomic E-state index is -0.0988. The number of nitrogens with zero attached hydrogens (tertiary/aromatic N) is 3. The van der Waals surface area contributed by atoms with Gasteiger partial charge in [-0.05, 0) is 49.2 Å². The van der Waals surface area contributed by atoms with Gasteiger partial charge in [-0.2, -0.15) is 0 Å². The van der Waals surface area contributed by atoms with Crippen LogP contribution < -0.4 is 10.1 Å². The zero-order valence-electron chi connectivity index (χ0n) is 17.8. The highest BCUT2D eigenvalue weighted by Gasteiger charge is 2.15. The minimum Gasteiger partial charge on any atom is -0.497 e. The molecule has 1 amide bonds. The Morgan fingerprint density at radius 1 is 1.16 bits per heavy atom. The van der Waals surface area contributed by atoms with Crippen LogP contribution in [0.4, 0.5) is 5.69 Å². The molecule has 0 bridgehead atoms. The lowest BCUT2D eigenvalue weighted by Gasteiger charge is -2.12. The lowest BCUT2D eigenvalue weighted by atomic mass is 10.1. The zero-order valence-corrected chi connectivity index (χ0v) is 18.6. The molecule has 0 fully saturated rings. The Bertz CT molecular complexity index is 1240. The van der Waals surface area contributed by atoms with Crippen molar-refractivity contribution in [2.75, 3.05) is 12.4 Å². The average molecular weight is 433 g/mol. The molecule has 2 aromatic heterocycles. The number of hydrogen-bond acceptors (Lipinski definition) is 5. The molecule has 31 heavy (non-hydrogen) atoms. The zero-order chi connectivity index (χ0) is 21.8. The molecular formula is C24H24N4O2S. The summed E-state index contributed by atoms with van der Waals surface area (Å²) in [7, 11) is 1.66. The van der Waals surface area contributed by atoms with Gasteiger partial charge in [0, 0.05) is 17.6 Å². The highest BCUT2D eigenvalue weighted by atomic mass is 32.2. The summed E-state index contributed by atoms with van der Waals surface area (Å²) in [5.74, 6) is 1.44. The number of anilines is 1. The molecule has 4 rings (SSSR count). The van der Waals surface area contributed by atoms with Crippen LogP contribution in [-0.4, -0.2) is 27.6 Å². The molecule has 7 heteroatoms. The highest BCUT2D eigenvalue weighted by molar-refractivity contribution is 7.98. The summed E-state index contributed by atoms with van der Waals surface area (Å²) in [4.78, 5) is 21.8. The van der Waals surface area contributed by atoms with Crippen LogP contribution in [-0.2, 0) is 17.1 Å². The van der Waals surface area contributed by atoms with E-state index < -0.39 is 0 Å². The lowest BCUT2D eigenvalue weighted by Crippen LogP contribution is -2.19. The molecule has 1 N–H and O–H groups in total. The second-order valence-electron chi connectivity index (χ2n) is 7.35. The quantitative estimate of drug-likeness (QED) is 0.417. The summed E-state index contributed by atoms with van der Waals surface area (Å²) >= 11 is 1.59. The van der Waals surface area contributed by atoms with E-state index in [1.807, 2.05) is 54.8 Å². The third-order valence-corrected chi connectivity index (χ3v) is 6.02. The van der Waals surface area contributed by atoms with Gasteiger partial charge in [0.2, 0.25) is 5.91 Å². The molecule has 6 nitrogen and oxygen atoms in total. The van der Waals surface area contributed by atoms with Crippen molar-refractivity contribution in [3.8, 4) is 5.75 Å². The fourth-order valence-corrected chi connectivity index (χ4v) is 4.36. The number of amides is 1. The normalized spacial score (nSPS) is 10.9. The summed E-state index contributed by atoms with van der Waals surface area (Å²) in [5, 5.41) is 3.80. The Hall–Kier alpha value is -3.32. The third kappa shape index (κ3) is 4.88. The number of rotatable bonds is 7. The minimum absolute atomic E-state index is 0.0988. The van der Waals surface area contributed by atoms with Crippen LogP contribution in [0.3, 0.4) is 0 Å². The number of thioether (sulfide) groups is 1. The molecule has 0 aliphatic rings. The van der Waals surface area contributed by atoms with E-state index in [2.05, 4.69) is 22.4 Å². The summed E-state index contributed by atoms with van der Waals surface area (Å²) in [5.41, 5.74) is 5.81. The number of fused-ring (bicyclic) bond motifs is 1. The highest BCUT2D eigenvalue weighted by Crippen LogP contribution is 2.28. The van der Waals surface area contributed by atoms with E-state index >= 15 is 0 Å². The van der Waals surface area contributed by atoms with Crippen molar-refractivity contribution in [1.29, 1.82) is 0 Å². The summed E-state index contributed by atoms with van der Waals surface area (Å²) in [6.45, 7) is 4.19. The van der Waals surface area contributed by atoms with E-state index in [9.17, 15) is 4.79 Å². The smallest absolute Gasteiger partial charge is 0.244 e. The van der Waals surface area contributed by atoms with Crippen LogP contribution in [0.5, 0.6) is 5.75 Å². The molecule has 158 valence electrons. The van der Waals surface area contributed by atoms with Gasteiger partial charge >= 0.3 is 0 Å². The van der Waals surface area contributed by atoms with Crippen molar-refractivity contribution >= 4 is 34.4 Å². The Labute approximate surface area is 185 Å². The number of benzene rings is 2. The maximum absolute atomic E-state index is 12.9. The van der Waals surface area contributed by atoms with Crippen LogP contribution in [0.2, 0.25) is 0 Å². The van der Waals surface area contributed by atoms with Crippen LogP contribution in [0.15, 0.2) is 66.1 Å². The molecule has 0 aliphatic heterocycles. The first-order valence-corrected chi connectivity index (χ1v) is 10.9. The first-order chi connectivity index (χ1) is 15.0. The third-order valence-electron chi connectivity index (χ3n) is 4.98. The van der Waals surface area contributed by atoms with E-state index in [0.717, 1.165) is 38.8 Å². The van der Waals surface area contributed by atoms with Gasteiger partial charge in [0.1, 0.15) is 12.3 Å². The predicted molar refractivity (Wildman–Crippen MR) is 125 cm³/mol. The molecule has 0 atom stereocenters. The number of nitrogens with one attached hydrogen (secondary N) is 1. The molecule has 0 spiro atoms.